The third-order valence-corrected chi connectivity index (χ3v) is 5.81. The zero-order chi connectivity index (χ0) is 24.5. The van der Waals surface area contributed by atoms with Crippen molar-refractivity contribution in [1.82, 2.24) is 0 Å². The largest absolute Gasteiger partial charge is 0.0776 e. The number of aryl methyl sites for hydroxylation is 6. The summed E-state index contributed by atoms with van der Waals surface area (Å²) in [4.78, 5) is 0. The molecule has 0 aliphatic carbocycles. The number of fused-ring (bicyclic) bond motifs is 1. The van der Waals surface area contributed by atoms with E-state index in [4.69, 9.17) is 0 Å². The lowest BCUT2D eigenvalue weighted by atomic mass is 10.0. The molecule has 0 amide bonds. The standard InChI is InChI=1S/C14H14.C12H12.C8H10.3CH4/c1-11-3-7-13(8-4-11)14-9-5-12(2)6-10-14;1-9-3-5-12-8-10(2)4-6-11(12)7-9;1-7-3-5-8(2)6-4-7;;;/h3-10H,1-2H3;3-8H,1-2H3;3-6H,1-2H3;3*1H4. The van der Waals surface area contributed by atoms with E-state index < -0.39 is 0 Å². The van der Waals surface area contributed by atoms with Gasteiger partial charge in [-0.05, 0) is 63.4 Å². The average Bonchev–Trinajstić information content (AvgIpc) is 2.83. The Morgan fingerprint density at radius 1 is 0.270 bits per heavy atom. The molecule has 0 N–H and O–H groups in total. The highest BCUT2D eigenvalue weighted by molar-refractivity contribution is 5.83. The lowest BCUT2D eigenvalue weighted by Gasteiger charge is -2.02. The molecule has 0 unspecified atom stereocenters. The molecule has 0 aliphatic rings. The van der Waals surface area contributed by atoms with Crippen LogP contribution in [0.25, 0.3) is 21.9 Å². The van der Waals surface area contributed by atoms with Crippen LogP contribution in [0.3, 0.4) is 0 Å². The second-order valence-corrected chi connectivity index (χ2v) is 9.24. The van der Waals surface area contributed by atoms with Crippen LogP contribution in [0.15, 0.2) is 109 Å². The third-order valence-electron chi connectivity index (χ3n) is 5.81. The molecule has 5 aromatic carbocycles. The van der Waals surface area contributed by atoms with Crippen molar-refractivity contribution in [2.45, 2.75) is 63.8 Å². The van der Waals surface area contributed by atoms with Crippen LogP contribution in [0.5, 0.6) is 0 Å². The zero-order valence-corrected chi connectivity index (χ0v) is 21.4. The van der Waals surface area contributed by atoms with E-state index in [9.17, 15) is 0 Å². The van der Waals surface area contributed by atoms with E-state index in [0.29, 0.717) is 0 Å². The third kappa shape index (κ3) is 10.9. The first-order valence-electron chi connectivity index (χ1n) is 11.9. The topological polar surface area (TPSA) is 0 Å². The molecule has 0 radical (unpaired) electrons. The van der Waals surface area contributed by atoms with Crippen LogP contribution in [0.4, 0.5) is 0 Å². The fraction of sp³-hybridized carbons (Fsp3) is 0.243. The lowest BCUT2D eigenvalue weighted by molar-refractivity contribution is 1.40. The van der Waals surface area contributed by atoms with Gasteiger partial charge in [0.05, 0.1) is 0 Å². The molecule has 0 aromatic heterocycles. The van der Waals surface area contributed by atoms with Crippen molar-refractivity contribution < 1.29 is 0 Å². The fourth-order valence-corrected chi connectivity index (χ4v) is 3.61. The second-order valence-electron chi connectivity index (χ2n) is 9.24. The SMILES string of the molecule is C.C.C.Cc1ccc(-c2ccc(C)cc2)cc1.Cc1ccc(C)cc1.Cc1ccc2cc(C)ccc2c1. The van der Waals surface area contributed by atoms with E-state index >= 15 is 0 Å². The summed E-state index contributed by atoms with van der Waals surface area (Å²) in [5.74, 6) is 0. The van der Waals surface area contributed by atoms with Crippen LogP contribution < -0.4 is 0 Å². The molecule has 0 heteroatoms. The number of rotatable bonds is 1. The summed E-state index contributed by atoms with van der Waals surface area (Å²) >= 11 is 0. The number of hydrogen-bond acceptors (Lipinski definition) is 0. The maximum atomic E-state index is 2.22. The van der Waals surface area contributed by atoms with E-state index in [2.05, 4.69) is 151 Å². The van der Waals surface area contributed by atoms with Gasteiger partial charge in [0.2, 0.25) is 0 Å². The van der Waals surface area contributed by atoms with Gasteiger partial charge in [-0.25, -0.2) is 0 Å². The van der Waals surface area contributed by atoms with E-state index in [0.717, 1.165) is 0 Å². The number of hydrogen-bond donors (Lipinski definition) is 0. The first-order chi connectivity index (χ1) is 16.3. The molecular formula is C37H48. The van der Waals surface area contributed by atoms with Crippen molar-refractivity contribution in [3.05, 3.63) is 143 Å². The molecule has 0 saturated heterocycles. The van der Waals surface area contributed by atoms with Crippen molar-refractivity contribution in [1.29, 1.82) is 0 Å². The maximum Gasteiger partial charge on any atom is -0.0181 e. The highest BCUT2D eigenvalue weighted by Crippen LogP contribution is 2.20. The van der Waals surface area contributed by atoms with E-state index in [1.165, 1.54) is 55.3 Å². The molecule has 196 valence electrons. The quantitative estimate of drug-likeness (QED) is 0.218. The van der Waals surface area contributed by atoms with Crippen LogP contribution >= 0.6 is 0 Å². The van der Waals surface area contributed by atoms with Crippen molar-refractivity contribution in [3.63, 3.8) is 0 Å². The number of benzene rings is 5. The highest BCUT2D eigenvalue weighted by Gasteiger charge is 1.95. The average molecular weight is 493 g/mol. The van der Waals surface area contributed by atoms with Crippen molar-refractivity contribution >= 4 is 10.8 Å². The summed E-state index contributed by atoms with van der Waals surface area (Å²) in [6.45, 7) is 12.7. The predicted molar refractivity (Wildman–Crippen MR) is 171 cm³/mol. The minimum Gasteiger partial charge on any atom is -0.0776 e. The minimum atomic E-state index is 0. The van der Waals surface area contributed by atoms with Gasteiger partial charge in [0.15, 0.2) is 0 Å². The molecule has 0 bridgehead atoms. The maximum absolute atomic E-state index is 2.22. The van der Waals surface area contributed by atoms with Gasteiger partial charge in [0.1, 0.15) is 0 Å². The zero-order valence-electron chi connectivity index (χ0n) is 21.4. The molecule has 0 aliphatic heterocycles. The second kappa shape index (κ2) is 16.2. The van der Waals surface area contributed by atoms with Crippen LogP contribution in [0.1, 0.15) is 55.7 Å². The Morgan fingerprint density at radius 2 is 0.486 bits per heavy atom. The Morgan fingerprint density at radius 3 is 0.757 bits per heavy atom. The Labute approximate surface area is 228 Å². The predicted octanol–water partition coefficient (Wildman–Crippen LogP) is 11.6. The van der Waals surface area contributed by atoms with Gasteiger partial charge in [-0.1, -0.05) is 165 Å². The van der Waals surface area contributed by atoms with Crippen LogP contribution in [-0.2, 0) is 0 Å². The fourth-order valence-electron chi connectivity index (χ4n) is 3.61. The molecule has 0 heterocycles. The van der Waals surface area contributed by atoms with Gasteiger partial charge < -0.3 is 0 Å². The molecule has 5 aromatic rings. The van der Waals surface area contributed by atoms with Gasteiger partial charge in [0, 0.05) is 0 Å². The minimum absolute atomic E-state index is 0. The van der Waals surface area contributed by atoms with E-state index in [-0.39, 0.29) is 22.3 Å². The molecule has 0 fully saturated rings. The van der Waals surface area contributed by atoms with Gasteiger partial charge in [-0.3, -0.25) is 0 Å². The highest BCUT2D eigenvalue weighted by atomic mass is 14.0. The Hall–Kier alpha value is -3.64. The first kappa shape index (κ1) is 33.4. The molecule has 0 atom stereocenters. The molecule has 37 heavy (non-hydrogen) atoms. The summed E-state index contributed by atoms with van der Waals surface area (Å²) in [5.41, 5.74) is 10.5. The van der Waals surface area contributed by atoms with Crippen LogP contribution in [0.2, 0.25) is 0 Å². The molecule has 0 saturated carbocycles. The normalized spacial score (nSPS) is 9.24. The van der Waals surface area contributed by atoms with Gasteiger partial charge in [-0.15, -0.1) is 0 Å². The Bertz CT molecular complexity index is 1200. The molecule has 0 spiro atoms. The summed E-state index contributed by atoms with van der Waals surface area (Å²) in [5, 5.41) is 2.67. The molecular weight excluding hydrogens is 444 g/mol. The summed E-state index contributed by atoms with van der Waals surface area (Å²) in [6.07, 6.45) is 0. The van der Waals surface area contributed by atoms with Gasteiger partial charge in [0.25, 0.3) is 0 Å². The smallest absolute Gasteiger partial charge is 0.0181 e. The first-order valence-corrected chi connectivity index (χ1v) is 11.9. The summed E-state index contributed by atoms with van der Waals surface area (Å²) < 4.78 is 0. The van der Waals surface area contributed by atoms with Crippen LogP contribution in [0, 0.1) is 41.5 Å². The van der Waals surface area contributed by atoms with Gasteiger partial charge in [-0.2, -0.15) is 0 Å². The summed E-state index contributed by atoms with van der Waals surface area (Å²) in [7, 11) is 0. The van der Waals surface area contributed by atoms with E-state index in [1.54, 1.807) is 0 Å². The lowest BCUT2D eigenvalue weighted by Crippen LogP contribution is -1.78. The monoisotopic (exact) mass is 492 g/mol. The van der Waals surface area contributed by atoms with Crippen molar-refractivity contribution in [2.75, 3.05) is 0 Å². The van der Waals surface area contributed by atoms with Crippen LogP contribution in [-0.4, -0.2) is 0 Å². The summed E-state index contributed by atoms with van der Waals surface area (Å²) in [6, 6.07) is 38.8. The Kier molecular flexibility index (Phi) is 14.6. The molecule has 0 nitrogen and oxygen atoms in total. The van der Waals surface area contributed by atoms with E-state index in [1.807, 2.05) is 0 Å². The van der Waals surface area contributed by atoms with Crippen molar-refractivity contribution in [3.8, 4) is 11.1 Å². The van der Waals surface area contributed by atoms with Crippen molar-refractivity contribution in [2.24, 2.45) is 0 Å². The Balaban J connectivity index is 0.000000521. The molecule has 5 rings (SSSR count). The van der Waals surface area contributed by atoms with Gasteiger partial charge >= 0.3 is 0 Å².